The molecule has 62 valence electrons. The highest BCUT2D eigenvalue weighted by Gasteiger charge is 2.12. The molecule has 0 aromatic heterocycles. The van der Waals surface area contributed by atoms with Crippen LogP contribution in [0.5, 0.6) is 5.75 Å². The smallest absolute Gasteiger partial charge is 0.123 e. The van der Waals surface area contributed by atoms with Crippen molar-refractivity contribution < 1.29 is 4.74 Å². The van der Waals surface area contributed by atoms with E-state index in [1.54, 1.807) is 0 Å². The summed E-state index contributed by atoms with van der Waals surface area (Å²) in [5.74, 6) is 0.931. The van der Waals surface area contributed by atoms with Gasteiger partial charge in [0.1, 0.15) is 10.7 Å². The van der Waals surface area contributed by atoms with Crippen molar-refractivity contribution >= 4 is 17.2 Å². The van der Waals surface area contributed by atoms with Gasteiger partial charge in [-0.1, -0.05) is 24.4 Å². The molecule has 1 aromatic carbocycles. The number of nitrogens with two attached hydrogens (primary N) is 1. The van der Waals surface area contributed by atoms with Crippen LogP contribution in [0.4, 0.5) is 0 Å². The van der Waals surface area contributed by atoms with Crippen LogP contribution >= 0.6 is 12.2 Å². The molecule has 12 heavy (non-hydrogen) atoms. The maximum absolute atomic E-state index is 5.48. The molecule has 2 N–H and O–H groups in total. The van der Waals surface area contributed by atoms with E-state index in [1.807, 2.05) is 18.2 Å². The minimum atomic E-state index is 0.424. The molecule has 0 saturated carbocycles. The molecule has 0 spiro atoms. The maximum atomic E-state index is 5.48. The quantitative estimate of drug-likeness (QED) is 0.659. The van der Waals surface area contributed by atoms with Gasteiger partial charge in [0.2, 0.25) is 0 Å². The zero-order valence-corrected chi connectivity index (χ0v) is 7.36. The van der Waals surface area contributed by atoms with Crippen LogP contribution in [0, 0.1) is 0 Å². The van der Waals surface area contributed by atoms with E-state index in [-0.39, 0.29) is 0 Å². The van der Waals surface area contributed by atoms with Crippen LogP contribution in [0.1, 0.15) is 11.1 Å². The van der Waals surface area contributed by atoms with Gasteiger partial charge in [0.05, 0.1) is 6.61 Å². The molecule has 0 radical (unpaired) electrons. The Kier molecular flexibility index (Phi) is 1.73. The van der Waals surface area contributed by atoms with Crippen molar-refractivity contribution in [2.45, 2.75) is 6.42 Å². The second-order valence-corrected chi connectivity index (χ2v) is 3.23. The third kappa shape index (κ3) is 1.16. The molecule has 0 atom stereocenters. The van der Waals surface area contributed by atoms with Crippen molar-refractivity contribution in [3.05, 3.63) is 29.3 Å². The highest BCUT2D eigenvalue weighted by atomic mass is 32.1. The third-order valence-electron chi connectivity index (χ3n) is 1.98. The Labute approximate surface area is 76.3 Å². The predicted molar refractivity (Wildman–Crippen MR) is 51.5 cm³/mol. The second-order valence-electron chi connectivity index (χ2n) is 2.79. The van der Waals surface area contributed by atoms with Gasteiger partial charge >= 0.3 is 0 Å². The van der Waals surface area contributed by atoms with Crippen LogP contribution in [-0.2, 0) is 6.42 Å². The van der Waals surface area contributed by atoms with Crippen molar-refractivity contribution in [1.29, 1.82) is 0 Å². The molecule has 0 saturated heterocycles. The van der Waals surface area contributed by atoms with E-state index in [2.05, 4.69) is 0 Å². The molecular formula is C9H9NOS. The van der Waals surface area contributed by atoms with E-state index >= 15 is 0 Å². The average molecular weight is 179 g/mol. The molecule has 0 aliphatic carbocycles. The van der Waals surface area contributed by atoms with Crippen LogP contribution in [0.15, 0.2) is 18.2 Å². The summed E-state index contributed by atoms with van der Waals surface area (Å²) < 4.78 is 5.37. The first-order valence-electron chi connectivity index (χ1n) is 3.83. The summed E-state index contributed by atoms with van der Waals surface area (Å²) >= 11 is 4.86. The normalized spacial score (nSPS) is 13.7. The van der Waals surface area contributed by atoms with Gasteiger partial charge in [-0.15, -0.1) is 0 Å². The first-order chi connectivity index (χ1) is 5.77. The Bertz CT molecular complexity index is 335. The standard InChI is InChI=1S/C9H9NOS/c10-9(12)7-2-1-6-3-4-11-8(6)5-7/h1-2,5H,3-4H2,(H2,10,12). The third-order valence-corrected chi connectivity index (χ3v) is 2.22. The SMILES string of the molecule is NC(=S)c1ccc2c(c1)OCC2. The number of hydrogen-bond donors (Lipinski definition) is 1. The summed E-state index contributed by atoms with van der Waals surface area (Å²) in [5, 5.41) is 0. The number of ether oxygens (including phenoxy) is 1. The molecule has 2 nitrogen and oxygen atoms in total. The maximum Gasteiger partial charge on any atom is 0.123 e. The Morgan fingerprint density at radius 2 is 2.33 bits per heavy atom. The molecule has 2 rings (SSSR count). The van der Waals surface area contributed by atoms with E-state index in [0.717, 1.165) is 24.3 Å². The van der Waals surface area contributed by atoms with Crippen molar-refractivity contribution in [3.8, 4) is 5.75 Å². The molecular weight excluding hydrogens is 170 g/mol. The minimum Gasteiger partial charge on any atom is -0.493 e. The van der Waals surface area contributed by atoms with Gasteiger partial charge in [-0.25, -0.2) is 0 Å². The van der Waals surface area contributed by atoms with Crippen molar-refractivity contribution in [2.24, 2.45) is 5.73 Å². The molecule has 0 unspecified atom stereocenters. The van der Waals surface area contributed by atoms with Crippen LogP contribution in [0.3, 0.4) is 0 Å². The highest BCUT2D eigenvalue weighted by Crippen LogP contribution is 2.25. The first-order valence-corrected chi connectivity index (χ1v) is 4.24. The molecule has 1 aliphatic heterocycles. The number of benzene rings is 1. The zero-order valence-electron chi connectivity index (χ0n) is 6.54. The van der Waals surface area contributed by atoms with Gasteiger partial charge in [-0.05, 0) is 11.6 Å². The lowest BCUT2D eigenvalue weighted by Crippen LogP contribution is -2.08. The average Bonchev–Trinajstić information content (AvgIpc) is 2.49. The molecule has 0 amide bonds. The van der Waals surface area contributed by atoms with Gasteiger partial charge in [-0.2, -0.15) is 0 Å². The summed E-state index contributed by atoms with van der Waals surface area (Å²) in [7, 11) is 0. The van der Waals surface area contributed by atoms with Gasteiger partial charge < -0.3 is 10.5 Å². The topological polar surface area (TPSA) is 35.2 Å². The van der Waals surface area contributed by atoms with Crippen molar-refractivity contribution in [1.82, 2.24) is 0 Å². The van der Waals surface area contributed by atoms with E-state index in [1.165, 1.54) is 5.56 Å². The number of hydrogen-bond acceptors (Lipinski definition) is 2. The van der Waals surface area contributed by atoms with Gasteiger partial charge in [-0.3, -0.25) is 0 Å². The molecule has 1 aliphatic rings. The summed E-state index contributed by atoms with van der Waals surface area (Å²) in [6.45, 7) is 0.774. The summed E-state index contributed by atoms with van der Waals surface area (Å²) in [6.07, 6.45) is 0.993. The van der Waals surface area contributed by atoms with E-state index in [9.17, 15) is 0 Å². The number of thiocarbonyl (C=S) groups is 1. The van der Waals surface area contributed by atoms with Crippen LogP contribution < -0.4 is 10.5 Å². The number of rotatable bonds is 1. The Balaban J connectivity index is 2.45. The van der Waals surface area contributed by atoms with Crippen LogP contribution in [0.2, 0.25) is 0 Å². The monoisotopic (exact) mass is 179 g/mol. The fourth-order valence-electron chi connectivity index (χ4n) is 1.32. The highest BCUT2D eigenvalue weighted by molar-refractivity contribution is 7.80. The lowest BCUT2D eigenvalue weighted by Gasteiger charge is -2.01. The fraction of sp³-hybridized carbons (Fsp3) is 0.222. The molecule has 0 bridgehead atoms. The lowest BCUT2D eigenvalue weighted by atomic mass is 10.1. The largest absolute Gasteiger partial charge is 0.493 e. The Morgan fingerprint density at radius 3 is 3.08 bits per heavy atom. The first kappa shape index (κ1) is 7.55. The van der Waals surface area contributed by atoms with E-state index in [4.69, 9.17) is 22.7 Å². The van der Waals surface area contributed by atoms with Gasteiger partial charge in [0, 0.05) is 12.0 Å². The molecule has 0 fully saturated rings. The Hall–Kier alpha value is -1.09. The predicted octanol–water partition coefficient (Wildman–Crippen LogP) is 1.26. The van der Waals surface area contributed by atoms with Crippen LogP contribution in [0.25, 0.3) is 0 Å². The van der Waals surface area contributed by atoms with E-state index in [0.29, 0.717) is 4.99 Å². The molecule has 1 aromatic rings. The zero-order chi connectivity index (χ0) is 8.55. The van der Waals surface area contributed by atoms with E-state index < -0.39 is 0 Å². The second kappa shape index (κ2) is 2.75. The number of fused-ring (bicyclic) bond motifs is 1. The molecule has 1 heterocycles. The van der Waals surface area contributed by atoms with Crippen molar-refractivity contribution in [2.75, 3.05) is 6.61 Å². The summed E-state index contributed by atoms with van der Waals surface area (Å²) in [6, 6.07) is 5.87. The van der Waals surface area contributed by atoms with Crippen molar-refractivity contribution in [3.63, 3.8) is 0 Å². The lowest BCUT2D eigenvalue weighted by molar-refractivity contribution is 0.357. The Morgan fingerprint density at radius 1 is 1.50 bits per heavy atom. The fourth-order valence-corrected chi connectivity index (χ4v) is 1.45. The van der Waals surface area contributed by atoms with Gasteiger partial charge in [0.15, 0.2) is 0 Å². The molecule has 3 heteroatoms. The van der Waals surface area contributed by atoms with Gasteiger partial charge in [0.25, 0.3) is 0 Å². The minimum absolute atomic E-state index is 0.424. The summed E-state index contributed by atoms with van der Waals surface area (Å²) in [5.41, 5.74) is 7.61. The van der Waals surface area contributed by atoms with Crippen LogP contribution in [-0.4, -0.2) is 11.6 Å². The summed E-state index contributed by atoms with van der Waals surface area (Å²) in [4.78, 5) is 0.424.